The first-order valence-corrected chi connectivity index (χ1v) is 11.5. The third-order valence-electron chi connectivity index (χ3n) is 5.75. The summed E-state index contributed by atoms with van der Waals surface area (Å²) in [5.41, 5.74) is 1.78. The van der Waals surface area contributed by atoms with Gasteiger partial charge in [-0.3, -0.25) is 9.69 Å². The van der Waals surface area contributed by atoms with Gasteiger partial charge in [0.15, 0.2) is 23.0 Å². The zero-order valence-corrected chi connectivity index (χ0v) is 20.3. The van der Waals surface area contributed by atoms with Gasteiger partial charge in [-0.25, -0.2) is 0 Å². The van der Waals surface area contributed by atoms with Gasteiger partial charge in [0.25, 0.3) is 0 Å². The second-order valence-electron chi connectivity index (χ2n) is 8.73. The second kappa shape index (κ2) is 11.8. The molecular formula is C26H36N2O5. The number of amides is 1. The smallest absolute Gasteiger partial charge is 0.241 e. The fourth-order valence-electron chi connectivity index (χ4n) is 4.04. The molecule has 2 aromatic rings. The Balaban J connectivity index is 1.70. The van der Waals surface area contributed by atoms with Crippen molar-refractivity contribution in [1.29, 1.82) is 0 Å². The summed E-state index contributed by atoms with van der Waals surface area (Å²) in [4.78, 5) is 15.5. The van der Waals surface area contributed by atoms with Crippen molar-refractivity contribution < 1.29 is 23.7 Å². The molecule has 0 spiro atoms. The molecule has 0 radical (unpaired) electrons. The molecule has 2 aromatic carbocycles. The van der Waals surface area contributed by atoms with Gasteiger partial charge >= 0.3 is 0 Å². The number of anilines is 1. The first kappa shape index (κ1) is 24.7. The molecule has 1 unspecified atom stereocenters. The number of hydrogen-bond donors (Lipinski definition) is 1. The van der Waals surface area contributed by atoms with Crippen LogP contribution < -0.4 is 24.3 Å². The molecule has 1 aliphatic heterocycles. The molecule has 3 rings (SSSR count). The summed E-state index contributed by atoms with van der Waals surface area (Å²) in [7, 11) is 4.86. The molecule has 0 aromatic heterocycles. The molecular weight excluding hydrogens is 420 g/mol. The maximum absolute atomic E-state index is 13.2. The normalized spacial score (nSPS) is 16.4. The van der Waals surface area contributed by atoms with Crippen molar-refractivity contribution in [2.45, 2.75) is 45.7 Å². The molecule has 7 heteroatoms. The minimum Gasteiger partial charge on any atom is -0.493 e. The predicted octanol–water partition coefficient (Wildman–Crippen LogP) is 4.74. The summed E-state index contributed by atoms with van der Waals surface area (Å²) < 4.78 is 22.1. The van der Waals surface area contributed by atoms with Crippen LogP contribution in [0.15, 0.2) is 36.4 Å². The van der Waals surface area contributed by atoms with Crippen LogP contribution in [0, 0.1) is 5.92 Å². The van der Waals surface area contributed by atoms with Gasteiger partial charge in [-0.1, -0.05) is 26.3 Å². The predicted molar refractivity (Wildman–Crippen MR) is 130 cm³/mol. The molecule has 0 bridgehead atoms. The van der Waals surface area contributed by atoms with Crippen LogP contribution in [-0.4, -0.2) is 51.3 Å². The number of benzene rings is 2. The molecule has 1 atom stereocenters. The second-order valence-corrected chi connectivity index (χ2v) is 8.73. The van der Waals surface area contributed by atoms with E-state index in [1.54, 1.807) is 21.3 Å². The Labute approximate surface area is 197 Å². The lowest BCUT2D eigenvalue weighted by atomic mass is 10.00. The van der Waals surface area contributed by atoms with E-state index in [2.05, 4.69) is 24.1 Å². The molecule has 0 saturated carbocycles. The number of rotatable bonds is 10. The van der Waals surface area contributed by atoms with E-state index in [0.29, 0.717) is 47.8 Å². The lowest BCUT2D eigenvalue weighted by Crippen LogP contribution is -2.46. The van der Waals surface area contributed by atoms with Gasteiger partial charge in [0.05, 0.1) is 34.0 Å². The Morgan fingerprint density at radius 2 is 1.67 bits per heavy atom. The highest BCUT2D eigenvalue weighted by atomic mass is 16.5. The van der Waals surface area contributed by atoms with Crippen molar-refractivity contribution in [3.63, 3.8) is 0 Å². The molecule has 33 heavy (non-hydrogen) atoms. The van der Waals surface area contributed by atoms with Gasteiger partial charge in [0.2, 0.25) is 5.91 Å². The van der Waals surface area contributed by atoms with Crippen LogP contribution in [0.25, 0.3) is 0 Å². The van der Waals surface area contributed by atoms with Crippen LogP contribution in [0.1, 0.15) is 38.7 Å². The molecule has 1 saturated heterocycles. The van der Waals surface area contributed by atoms with Crippen LogP contribution >= 0.6 is 0 Å². The fraction of sp³-hybridized carbons (Fsp3) is 0.500. The highest BCUT2D eigenvalue weighted by Crippen LogP contribution is 2.32. The third kappa shape index (κ3) is 6.54. The maximum Gasteiger partial charge on any atom is 0.241 e. The van der Waals surface area contributed by atoms with Gasteiger partial charge in [0, 0.05) is 18.3 Å². The van der Waals surface area contributed by atoms with E-state index in [9.17, 15) is 4.79 Å². The Kier molecular flexibility index (Phi) is 8.83. The van der Waals surface area contributed by atoms with E-state index in [0.717, 1.165) is 31.4 Å². The lowest BCUT2D eigenvalue weighted by Gasteiger charge is -2.34. The summed E-state index contributed by atoms with van der Waals surface area (Å²) in [6, 6.07) is 11.2. The first-order chi connectivity index (χ1) is 15.9. The van der Waals surface area contributed by atoms with E-state index in [4.69, 9.17) is 18.9 Å². The number of piperidine rings is 1. The Morgan fingerprint density at radius 1 is 0.970 bits per heavy atom. The van der Waals surface area contributed by atoms with E-state index in [1.807, 2.05) is 36.4 Å². The number of methoxy groups -OCH3 is 3. The largest absolute Gasteiger partial charge is 0.493 e. The van der Waals surface area contributed by atoms with E-state index < -0.39 is 0 Å². The number of nitrogens with zero attached hydrogens (tertiary/aromatic N) is 1. The SMILES string of the molecule is COc1ccc(CN2CCCCC2C(=O)Nc2ccc(OCC(C)C)c(OC)c2)cc1OC. The van der Waals surface area contributed by atoms with Gasteiger partial charge in [-0.15, -0.1) is 0 Å². The summed E-state index contributed by atoms with van der Waals surface area (Å²) in [5.74, 6) is 3.09. The molecule has 1 heterocycles. The number of ether oxygens (including phenoxy) is 4. The van der Waals surface area contributed by atoms with E-state index >= 15 is 0 Å². The van der Waals surface area contributed by atoms with E-state index in [-0.39, 0.29) is 11.9 Å². The number of nitrogens with one attached hydrogen (secondary N) is 1. The van der Waals surface area contributed by atoms with Crippen molar-refractivity contribution in [3.8, 4) is 23.0 Å². The quantitative estimate of drug-likeness (QED) is 0.557. The monoisotopic (exact) mass is 456 g/mol. The van der Waals surface area contributed by atoms with Crippen LogP contribution in [0.5, 0.6) is 23.0 Å². The minimum atomic E-state index is -0.199. The topological polar surface area (TPSA) is 69.3 Å². The zero-order chi connectivity index (χ0) is 23.8. The molecule has 1 amide bonds. The average Bonchev–Trinajstić information content (AvgIpc) is 2.83. The minimum absolute atomic E-state index is 0.00641. The van der Waals surface area contributed by atoms with Crippen molar-refractivity contribution in [2.24, 2.45) is 5.92 Å². The van der Waals surface area contributed by atoms with Crippen molar-refractivity contribution in [3.05, 3.63) is 42.0 Å². The highest BCUT2D eigenvalue weighted by Gasteiger charge is 2.29. The Morgan fingerprint density at radius 3 is 2.36 bits per heavy atom. The van der Waals surface area contributed by atoms with Crippen molar-refractivity contribution in [1.82, 2.24) is 4.90 Å². The van der Waals surface area contributed by atoms with Crippen molar-refractivity contribution in [2.75, 3.05) is 39.8 Å². The summed E-state index contributed by atoms with van der Waals surface area (Å²) in [6.07, 6.45) is 2.93. The molecule has 1 fully saturated rings. The zero-order valence-electron chi connectivity index (χ0n) is 20.3. The van der Waals surface area contributed by atoms with Crippen LogP contribution in [0.2, 0.25) is 0 Å². The van der Waals surface area contributed by atoms with Crippen LogP contribution in [0.3, 0.4) is 0 Å². The van der Waals surface area contributed by atoms with Crippen LogP contribution in [-0.2, 0) is 11.3 Å². The van der Waals surface area contributed by atoms with Crippen molar-refractivity contribution >= 4 is 11.6 Å². The molecule has 1 aliphatic rings. The van der Waals surface area contributed by atoms with Gasteiger partial charge in [-0.05, 0) is 55.1 Å². The van der Waals surface area contributed by atoms with Gasteiger partial charge in [-0.2, -0.15) is 0 Å². The maximum atomic E-state index is 13.2. The molecule has 0 aliphatic carbocycles. The highest BCUT2D eigenvalue weighted by molar-refractivity contribution is 5.95. The summed E-state index contributed by atoms with van der Waals surface area (Å²) in [5, 5.41) is 3.07. The van der Waals surface area contributed by atoms with Gasteiger partial charge in [0.1, 0.15) is 0 Å². The summed E-state index contributed by atoms with van der Waals surface area (Å²) in [6.45, 7) is 6.34. The fourth-order valence-corrected chi connectivity index (χ4v) is 4.04. The number of likely N-dealkylation sites (tertiary alicyclic amines) is 1. The number of carbonyl (C=O) groups is 1. The first-order valence-electron chi connectivity index (χ1n) is 11.5. The van der Waals surface area contributed by atoms with Crippen LogP contribution in [0.4, 0.5) is 5.69 Å². The molecule has 7 nitrogen and oxygen atoms in total. The number of carbonyl (C=O) groups excluding carboxylic acids is 1. The average molecular weight is 457 g/mol. The lowest BCUT2D eigenvalue weighted by molar-refractivity contribution is -0.122. The van der Waals surface area contributed by atoms with E-state index in [1.165, 1.54) is 0 Å². The third-order valence-corrected chi connectivity index (χ3v) is 5.75. The molecule has 1 N–H and O–H groups in total. The summed E-state index contributed by atoms with van der Waals surface area (Å²) >= 11 is 0. The Hall–Kier alpha value is -2.93. The number of hydrogen-bond acceptors (Lipinski definition) is 6. The van der Waals surface area contributed by atoms with Gasteiger partial charge < -0.3 is 24.3 Å². The Bertz CT molecular complexity index is 931. The standard InChI is InChI=1S/C26H36N2O5/c1-18(2)17-33-23-12-10-20(15-25(23)32-5)27-26(29)21-8-6-7-13-28(21)16-19-9-11-22(30-3)24(14-19)31-4/h9-12,14-15,18,21H,6-8,13,16-17H2,1-5H3,(H,27,29). The molecule has 180 valence electrons.